The van der Waals surface area contributed by atoms with Gasteiger partial charge < -0.3 is 29.0 Å². The molecule has 1 N–H and O–H groups in total. The van der Waals surface area contributed by atoms with E-state index in [0.29, 0.717) is 13.2 Å². The van der Waals surface area contributed by atoms with Gasteiger partial charge in [0, 0.05) is 19.6 Å². The van der Waals surface area contributed by atoms with Crippen LogP contribution in [0, 0.1) is 0 Å². The summed E-state index contributed by atoms with van der Waals surface area (Å²) >= 11 is 0. The maximum atomic E-state index is 11.9. The van der Waals surface area contributed by atoms with Crippen molar-refractivity contribution in [1.82, 2.24) is 5.32 Å². The van der Waals surface area contributed by atoms with Crippen molar-refractivity contribution in [2.45, 2.75) is 50.5 Å². The Morgan fingerprint density at radius 1 is 1.07 bits per heavy atom. The van der Waals surface area contributed by atoms with Gasteiger partial charge in [0.05, 0.1) is 13.2 Å². The molecule has 2 fully saturated rings. The topological polar surface area (TPSA) is 75.3 Å². The fourth-order valence-corrected chi connectivity index (χ4v) is 3.91. The fourth-order valence-electron chi connectivity index (χ4n) is 3.91. The molecule has 2 aliphatic heterocycles. The lowest BCUT2D eigenvalue weighted by Crippen LogP contribution is -2.67. The number of carbonyl (C=O) groups is 1. The average molecular weight is 413 g/mol. The van der Waals surface area contributed by atoms with Crippen LogP contribution >= 0.6 is 0 Å². The molecule has 0 aliphatic carbocycles. The summed E-state index contributed by atoms with van der Waals surface area (Å²) in [5.74, 6) is -0.191. The Bertz CT molecular complexity index is 817. The Morgan fingerprint density at radius 2 is 1.77 bits per heavy atom. The van der Waals surface area contributed by atoms with Gasteiger partial charge in [-0.05, 0) is 5.56 Å². The number of fused-ring (bicyclic) bond motifs is 1. The number of benzene rings is 2. The van der Waals surface area contributed by atoms with Crippen LogP contribution in [0.5, 0.6) is 0 Å². The molecule has 2 aromatic rings. The van der Waals surface area contributed by atoms with Gasteiger partial charge in [0.2, 0.25) is 5.91 Å². The van der Waals surface area contributed by atoms with Gasteiger partial charge in [-0.1, -0.05) is 60.7 Å². The van der Waals surface area contributed by atoms with Crippen molar-refractivity contribution in [3.8, 4) is 0 Å². The van der Waals surface area contributed by atoms with E-state index in [1.54, 1.807) is 7.11 Å². The predicted octanol–water partition coefficient (Wildman–Crippen LogP) is 2.56. The highest BCUT2D eigenvalue weighted by atomic mass is 16.7. The zero-order valence-electron chi connectivity index (χ0n) is 17.1. The number of ether oxygens (including phenoxy) is 5. The summed E-state index contributed by atoms with van der Waals surface area (Å²) < 4.78 is 30.1. The molecule has 2 aromatic carbocycles. The number of carbonyl (C=O) groups excluding carboxylic acids is 1. The second kappa shape index (κ2) is 9.68. The Hall–Kier alpha value is -2.29. The fraction of sp³-hybridized carbons (Fsp3) is 0.435. The second-order valence-corrected chi connectivity index (χ2v) is 7.44. The molecule has 0 radical (unpaired) electrons. The molecule has 160 valence electrons. The highest BCUT2D eigenvalue weighted by molar-refractivity contribution is 5.73. The van der Waals surface area contributed by atoms with Crippen molar-refractivity contribution in [2.75, 3.05) is 13.7 Å². The van der Waals surface area contributed by atoms with Gasteiger partial charge in [0.15, 0.2) is 12.6 Å². The maximum Gasteiger partial charge on any atom is 0.217 e. The van der Waals surface area contributed by atoms with Crippen LogP contribution in [0.2, 0.25) is 0 Å². The van der Waals surface area contributed by atoms with Crippen molar-refractivity contribution in [2.24, 2.45) is 0 Å². The molecule has 0 spiro atoms. The van der Waals surface area contributed by atoms with Gasteiger partial charge in [-0.25, -0.2) is 0 Å². The number of methoxy groups -OCH3 is 1. The average Bonchev–Trinajstić information content (AvgIpc) is 2.78. The monoisotopic (exact) mass is 413 g/mol. The quantitative estimate of drug-likeness (QED) is 0.785. The summed E-state index contributed by atoms with van der Waals surface area (Å²) in [7, 11) is 1.60. The maximum absolute atomic E-state index is 11.9. The van der Waals surface area contributed by atoms with Crippen molar-refractivity contribution >= 4 is 5.91 Å². The van der Waals surface area contributed by atoms with Crippen LogP contribution in [-0.2, 0) is 35.1 Å². The molecular formula is C23H27NO6. The van der Waals surface area contributed by atoms with Crippen LogP contribution in [-0.4, -0.2) is 50.3 Å². The standard InChI is InChI=1S/C23H27NO6/c1-15(25)24-19-21(26-2)20-18(14-28-22(30-20)17-11-7-4-8-12-17)29-23(19)27-13-16-9-5-3-6-10-16/h3-12,18-23H,13-14H2,1-2H3,(H,24,25)/t18-,19-,20+,21+,22-,23+/m0/s1. The molecule has 7 nitrogen and oxygen atoms in total. The summed E-state index contributed by atoms with van der Waals surface area (Å²) in [6.07, 6.45) is -2.46. The van der Waals surface area contributed by atoms with E-state index in [0.717, 1.165) is 11.1 Å². The van der Waals surface area contributed by atoms with E-state index >= 15 is 0 Å². The van der Waals surface area contributed by atoms with Crippen LogP contribution in [0.1, 0.15) is 24.3 Å². The number of rotatable bonds is 6. The molecule has 0 unspecified atom stereocenters. The highest BCUT2D eigenvalue weighted by Crippen LogP contribution is 2.35. The Kier molecular flexibility index (Phi) is 6.76. The molecule has 7 heteroatoms. The first-order valence-corrected chi connectivity index (χ1v) is 10.1. The van der Waals surface area contributed by atoms with Crippen LogP contribution in [0.4, 0.5) is 0 Å². The van der Waals surface area contributed by atoms with Gasteiger partial charge in [0.1, 0.15) is 24.4 Å². The predicted molar refractivity (Wildman–Crippen MR) is 108 cm³/mol. The van der Waals surface area contributed by atoms with Gasteiger partial charge in [0.25, 0.3) is 0 Å². The lowest BCUT2D eigenvalue weighted by molar-refractivity contribution is -0.347. The summed E-state index contributed by atoms with van der Waals surface area (Å²) in [5.41, 5.74) is 1.93. The minimum absolute atomic E-state index is 0.191. The molecule has 1 amide bonds. The summed E-state index contributed by atoms with van der Waals surface area (Å²) in [4.78, 5) is 11.9. The van der Waals surface area contributed by atoms with Crippen LogP contribution in [0.15, 0.2) is 60.7 Å². The minimum atomic E-state index is -0.694. The van der Waals surface area contributed by atoms with Crippen molar-refractivity contribution in [3.05, 3.63) is 71.8 Å². The van der Waals surface area contributed by atoms with E-state index in [1.807, 2.05) is 60.7 Å². The molecule has 0 saturated carbocycles. The third kappa shape index (κ3) is 4.71. The molecule has 2 aliphatic rings. The number of nitrogens with one attached hydrogen (secondary N) is 1. The van der Waals surface area contributed by atoms with Gasteiger partial charge in [-0.15, -0.1) is 0 Å². The Labute approximate surface area is 176 Å². The molecule has 4 rings (SSSR count). The van der Waals surface area contributed by atoms with E-state index in [9.17, 15) is 4.79 Å². The Morgan fingerprint density at radius 3 is 2.43 bits per heavy atom. The first kappa shape index (κ1) is 21.0. The first-order chi connectivity index (χ1) is 14.7. The van der Waals surface area contributed by atoms with E-state index in [-0.39, 0.29) is 12.0 Å². The SMILES string of the molecule is CO[C@@H]1[C@H](NC(C)=O)[C@H](OCc2ccccc2)O[C@H]2CO[C@H](c3ccccc3)O[C@@H]12. The third-order valence-electron chi connectivity index (χ3n) is 5.31. The normalized spacial score (nSPS) is 31.0. The largest absolute Gasteiger partial charge is 0.376 e. The van der Waals surface area contributed by atoms with Gasteiger partial charge in [-0.2, -0.15) is 0 Å². The van der Waals surface area contributed by atoms with Crippen LogP contribution < -0.4 is 5.32 Å². The molecule has 2 saturated heterocycles. The molecule has 6 atom stereocenters. The van der Waals surface area contributed by atoms with E-state index < -0.39 is 30.8 Å². The lowest BCUT2D eigenvalue weighted by Gasteiger charge is -2.48. The number of hydrogen-bond donors (Lipinski definition) is 1. The molecule has 0 aromatic heterocycles. The van der Waals surface area contributed by atoms with Crippen LogP contribution in [0.25, 0.3) is 0 Å². The lowest BCUT2D eigenvalue weighted by atomic mass is 9.95. The van der Waals surface area contributed by atoms with Crippen molar-refractivity contribution < 1.29 is 28.5 Å². The van der Waals surface area contributed by atoms with Crippen molar-refractivity contribution in [3.63, 3.8) is 0 Å². The van der Waals surface area contributed by atoms with Gasteiger partial charge in [-0.3, -0.25) is 4.79 Å². The summed E-state index contributed by atoms with van der Waals surface area (Å²) in [5, 5.41) is 2.92. The molecular weight excluding hydrogens is 386 g/mol. The van der Waals surface area contributed by atoms with Crippen molar-refractivity contribution in [1.29, 1.82) is 0 Å². The van der Waals surface area contributed by atoms with E-state index in [4.69, 9.17) is 23.7 Å². The number of amides is 1. The summed E-state index contributed by atoms with van der Waals surface area (Å²) in [6, 6.07) is 19.0. The zero-order valence-corrected chi connectivity index (χ0v) is 17.1. The second-order valence-electron chi connectivity index (χ2n) is 7.44. The summed E-state index contributed by atoms with van der Waals surface area (Å²) in [6.45, 7) is 2.15. The highest BCUT2D eigenvalue weighted by Gasteiger charge is 2.51. The molecule has 2 heterocycles. The minimum Gasteiger partial charge on any atom is -0.376 e. The zero-order chi connectivity index (χ0) is 20.9. The smallest absolute Gasteiger partial charge is 0.217 e. The van der Waals surface area contributed by atoms with E-state index in [1.165, 1.54) is 6.92 Å². The number of hydrogen-bond acceptors (Lipinski definition) is 6. The van der Waals surface area contributed by atoms with Crippen LogP contribution in [0.3, 0.4) is 0 Å². The molecule has 0 bridgehead atoms. The van der Waals surface area contributed by atoms with E-state index in [2.05, 4.69) is 5.32 Å². The molecule has 30 heavy (non-hydrogen) atoms. The first-order valence-electron chi connectivity index (χ1n) is 10.1. The van der Waals surface area contributed by atoms with Gasteiger partial charge >= 0.3 is 0 Å². The third-order valence-corrected chi connectivity index (χ3v) is 5.31. The Balaban J connectivity index is 1.51.